The monoisotopic (exact) mass is 399 g/mol. The van der Waals surface area contributed by atoms with Gasteiger partial charge in [0.1, 0.15) is 0 Å². The van der Waals surface area contributed by atoms with Crippen molar-refractivity contribution in [1.29, 1.82) is 0 Å². The van der Waals surface area contributed by atoms with E-state index in [0.717, 1.165) is 38.2 Å². The van der Waals surface area contributed by atoms with Crippen LogP contribution in [0.5, 0.6) is 0 Å². The molecule has 1 amide bonds. The number of fused-ring (bicyclic) bond motifs is 3. The molecule has 2 bridgehead atoms. The van der Waals surface area contributed by atoms with Crippen LogP contribution in [0, 0.1) is 17.8 Å². The predicted molar refractivity (Wildman–Crippen MR) is 113 cm³/mol. The van der Waals surface area contributed by atoms with E-state index in [-0.39, 0.29) is 30.7 Å². The number of hydrogen-bond donors (Lipinski definition) is 1. The van der Waals surface area contributed by atoms with E-state index < -0.39 is 0 Å². The van der Waals surface area contributed by atoms with Gasteiger partial charge in [0, 0.05) is 31.6 Å². The first kappa shape index (κ1) is 21.3. The second-order valence-electron chi connectivity index (χ2n) is 7.76. The van der Waals surface area contributed by atoms with E-state index in [1.165, 1.54) is 24.9 Å². The maximum absolute atomic E-state index is 13.3. The third-order valence-corrected chi connectivity index (χ3v) is 6.52. The van der Waals surface area contributed by atoms with Crippen molar-refractivity contribution in [2.24, 2.45) is 23.5 Å². The molecule has 2 fully saturated rings. The fraction of sp³-hybridized carbons (Fsp3) is 0.650. The van der Waals surface area contributed by atoms with Crippen molar-refractivity contribution in [3.63, 3.8) is 0 Å². The Labute approximate surface area is 169 Å². The molecule has 1 aliphatic heterocycles. The van der Waals surface area contributed by atoms with Gasteiger partial charge in [-0.1, -0.05) is 18.6 Å². The molecule has 0 radical (unpaired) electrons. The molecule has 1 aromatic rings. The van der Waals surface area contributed by atoms with Gasteiger partial charge in [0.2, 0.25) is 5.91 Å². The summed E-state index contributed by atoms with van der Waals surface area (Å²) in [6.07, 6.45) is 5.70. The van der Waals surface area contributed by atoms with Crippen molar-refractivity contribution in [1.82, 2.24) is 0 Å². The van der Waals surface area contributed by atoms with Crippen LogP contribution >= 0.6 is 24.8 Å². The lowest BCUT2D eigenvalue weighted by atomic mass is 9.65. The summed E-state index contributed by atoms with van der Waals surface area (Å²) < 4.78 is 0. The lowest BCUT2D eigenvalue weighted by Gasteiger charge is -2.45. The van der Waals surface area contributed by atoms with E-state index in [4.69, 9.17) is 5.73 Å². The summed E-state index contributed by atoms with van der Waals surface area (Å²) in [5.41, 5.74) is 8.70. The van der Waals surface area contributed by atoms with Crippen LogP contribution in [0.4, 0.5) is 11.4 Å². The Kier molecular flexibility index (Phi) is 7.23. The molecule has 2 unspecified atom stereocenters. The number of benzene rings is 1. The molecule has 6 heteroatoms. The molecule has 0 spiro atoms. The largest absolute Gasteiger partial charge is 0.368 e. The lowest BCUT2D eigenvalue weighted by Crippen LogP contribution is -2.51. The number of halogens is 2. The topological polar surface area (TPSA) is 49.6 Å². The van der Waals surface area contributed by atoms with Gasteiger partial charge in [-0.05, 0) is 56.6 Å². The van der Waals surface area contributed by atoms with Crippen LogP contribution in [0.2, 0.25) is 0 Å². The molecule has 0 saturated heterocycles. The number of nitrogens with zero attached hydrogens (tertiary/aromatic N) is 2. The van der Waals surface area contributed by atoms with Crippen molar-refractivity contribution >= 4 is 42.1 Å². The number of nitrogens with two attached hydrogens (primary N) is 1. The Bertz CT molecular complexity index is 613. The molecule has 26 heavy (non-hydrogen) atoms. The average Bonchev–Trinajstić information content (AvgIpc) is 2.60. The Morgan fingerprint density at radius 1 is 1.08 bits per heavy atom. The summed E-state index contributed by atoms with van der Waals surface area (Å²) in [6, 6.07) is 8.68. The van der Waals surface area contributed by atoms with Crippen LogP contribution in [-0.2, 0) is 4.79 Å². The number of carbonyl (C=O) groups is 1. The zero-order valence-corrected chi connectivity index (χ0v) is 17.1. The molecule has 2 saturated carbocycles. The summed E-state index contributed by atoms with van der Waals surface area (Å²) in [6.45, 7) is 4.90. The number of amides is 1. The van der Waals surface area contributed by atoms with Crippen LogP contribution in [0.15, 0.2) is 24.3 Å². The average molecular weight is 400 g/mol. The standard InChI is InChI=1S/C20H29N3O.2ClH/c1-2-22-10-11-23(18-9-4-3-8-17(18)22)20(24)16-12-14-6-5-7-15(13-16)19(14)21;;/h3-4,8-9,14-16,19H,2,5-7,10-13,21H2,1H3;2*1H. The zero-order valence-electron chi connectivity index (χ0n) is 15.5. The van der Waals surface area contributed by atoms with Gasteiger partial charge in [0.15, 0.2) is 0 Å². The predicted octanol–water partition coefficient (Wildman–Crippen LogP) is 3.86. The highest BCUT2D eigenvalue weighted by Gasteiger charge is 2.42. The highest BCUT2D eigenvalue weighted by molar-refractivity contribution is 5.99. The molecule has 3 aliphatic rings. The molecule has 2 aliphatic carbocycles. The quantitative estimate of drug-likeness (QED) is 0.820. The Balaban J connectivity index is 0.00000121. The lowest BCUT2D eigenvalue weighted by molar-refractivity contribution is -0.125. The van der Waals surface area contributed by atoms with E-state index in [2.05, 4.69) is 34.9 Å². The summed E-state index contributed by atoms with van der Waals surface area (Å²) in [7, 11) is 0. The molecule has 2 N–H and O–H groups in total. The van der Waals surface area contributed by atoms with Crippen LogP contribution in [0.1, 0.15) is 39.0 Å². The van der Waals surface area contributed by atoms with Gasteiger partial charge in [0.05, 0.1) is 11.4 Å². The summed E-state index contributed by atoms with van der Waals surface area (Å²) in [5, 5.41) is 0. The third-order valence-electron chi connectivity index (χ3n) is 6.52. The summed E-state index contributed by atoms with van der Waals surface area (Å²) >= 11 is 0. The molecular formula is C20H31Cl2N3O. The number of hydrogen-bond acceptors (Lipinski definition) is 3. The minimum Gasteiger partial charge on any atom is -0.368 e. The van der Waals surface area contributed by atoms with Crippen LogP contribution in [0.3, 0.4) is 0 Å². The Morgan fingerprint density at radius 3 is 2.31 bits per heavy atom. The van der Waals surface area contributed by atoms with Crippen molar-refractivity contribution in [2.45, 2.75) is 45.1 Å². The third kappa shape index (κ3) is 3.69. The molecule has 4 nitrogen and oxygen atoms in total. The minimum absolute atomic E-state index is 0. The van der Waals surface area contributed by atoms with Crippen molar-refractivity contribution in [2.75, 3.05) is 29.4 Å². The van der Waals surface area contributed by atoms with Crippen molar-refractivity contribution < 1.29 is 4.79 Å². The van der Waals surface area contributed by atoms with E-state index in [9.17, 15) is 4.79 Å². The fourth-order valence-electron chi connectivity index (χ4n) is 5.19. The highest BCUT2D eigenvalue weighted by atomic mass is 35.5. The second-order valence-corrected chi connectivity index (χ2v) is 7.76. The molecule has 146 valence electrons. The molecule has 2 atom stereocenters. The van der Waals surface area contributed by atoms with E-state index in [1.54, 1.807) is 0 Å². The van der Waals surface area contributed by atoms with E-state index >= 15 is 0 Å². The maximum atomic E-state index is 13.3. The molecule has 4 rings (SSSR count). The molecule has 1 aromatic carbocycles. The van der Waals surface area contributed by atoms with Gasteiger partial charge in [-0.25, -0.2) is 0 Å². The first-order chi connectivity index (χ1) is 11.7. The van der Waals surface area contributed by atoms with E-state index in [0.29, 0.717) is 23.8 Å². The molecular weight excluding hydrogens is 369 g/mol. The highest BCUT2D eigenvalue weighted by Crippen LogP contribution is 2.43. The Hall–Kier alpha value is -0.970. The van der Waals surface area contributed by atoms with Gasteiger partial charge in [0.25, 0.3) is 0 Å². The second kappa shape index (κ2) is 8.81. The first-order valence-corrected chi connectivity index (χ1v) is 9.60. The van der Waals surface area contributed by atoms with E-state index in [1.807, 2.05) is 6.07 Å². The van der Waals surface area contributed by atoms with Gasteiger partial charge < -0.3 is 15.5 Å². The number of rotatable bonds is 2. The number of para-hydroxylation sites is 2. The van der Waals surface area contributed by atoms with Gasteiger partial charge >= 0.3 is 0 Å². The fourth-order valence-corrected chi connectivity index (χ4v) is 5.19. The van der Waals surface area contributed by atoms with Crippen LogP contribution in [0.25, 0.3) is 0 Å². The van der Waals surface area contributed by atoms with Gasteiger partial charge in [-0.15, -0.1) is 24.8 Å². The summed E-state index contributed by atoms with van der Waals surface area (Å²) in [4.78, 5) is 17.7. The molecule has 1 heterocycles. The van der Waals surface area contributed by atoms with Crippen molar-refractivity contribution in [3.8, 4) is 0 Å². The molecule has 0 aromatic heterocycles. The van der Waals surface area contributed by atoms with Gasteiger partial charge in [-0.3, -0.25) is 4.79 Å². The maximum Gasteiger partial charge on any atom is 0.230 e. The first-order valence-electron chi connectivity index (χ1n) is 9.60. The zero-order chi connectivity index (χ0) is 16.7. The van der Waals surface area contributed by atoms with Gasteiger partial charge in [-0.2, -0.15) is 0 Å². The minimum atomic E-state index is 0. The van der Waals surface area contributed by atoms with Crippen LogP contribution in [-0.4, -0.2) is 31.6 Å². The normalized spacial score (nSPS) is 29.9. The number of carbonyl (C=O) groups excluding carboxylic acids is 1. The summed E-state index contributed by atoms with van der Waals surface area (Å²) in [5.74, 6) is 1.61. The Morgan fingerprint density at radius 2 is 1.69 bits per heavy atom. The van der Waals surface area contributed by atoms with Crippen molar-refractivity contribution in [3.05, 3.63) is 24.3 Å². The number of anilines is 2. The smallest absolute Gasteiger partial charge is 0.230 e. The number of likely N-dealkylation sites (N-methyl/N-ethyl adjacent to an activating group) is 1. The van der Waals surface area contributed by atoms with Crippen LogP contribution < -0.4 is 15.5 Å². The SMILES string of the molecule is CCN1CCN(C(=O)C2CC3CCCC(C2)C3N)c2ccccc21.Cl.Cl.